The summed E-state index contributed by atoms with van der Waals surface area (Å²) in [7, 11) is 0. The van der Waals surface area contributed by atoms with Gasteiger partial charge in [0, 0.05) is 19.8 Å². The molecule has 0 radical (unpaired) electrons. The van der Waals surface area contributed by atoms with Crippen LogP contribution in [0, 0.1) is 0 Å². The summed E-state index contributed by atoms with van der Waals surface area (Å²) in [5, 5.41) is 12.3. The lowest BCUT2D eigenvalue weighted by atomic mass is 10.1. The van der Waals surface area contributed by atoms with Crippen LogP contribution in [0.25, 0.3) is 0 Å². The van der Waals surface area contributed by atoms with E-state index in [1.807, 2.05) is 31.2 Å². The number of hydrogen-bond donors (Lipinski definition) is 0. The van der Waals surface area contributed by atoms with Gasteiger partial charge in [-0.3, -0.25) is 4.79 Å². The molecule has 2 heterocycles. The zero-order valence-electron chi connectivity index (χ0n) is 15.1. The molecule has 0 N–H and O–H groups in total. The molecule has 1 saturated heterocycles. The highest BCUT2D eigenvalue weighted by molar-refractivity contribution is 5.65. The van der Waals surface area contributed by atoms with Crippen LogP contribution in [0.15, 0.2) is 24.3 Å². The van der Waals surface area contributed by atoms with Gasteiger partial charge in [-0.2, -0.15) is 4.80 Å². The van der Waals surface area contributed by atoms with Crippen LogP contribution in [0.1, 0.15) is 44.5 Å². The molecule has 8 nitrogen and oxygen atoms in total. The minimum atomic E-state index is -0.318. The van der Waals surface area contributed by atoms with Crippen LogP contribution in [-0.4, -0.2) is 45.2 Å². The smallest absolute Gasteiger partial charge is 0.302 e. The Morgan fingerprint density at radius 3 is 2.81 bits per heavy atom. The average Bonchev–Trinajstić information content (AvgIpc) is 3.10. The van der Waals surface area contributed by atoms with Crippen LogP contribution in [0.4, 0.5) is 0 Å². The minimum Gasteiger partial charge on any atom is -0.465 e. The summed E-state index contributed by atoms with van der Waals surface area (Å²) in [5.41, 5.74) is 1.09. The van der Waals surface area contributed by atoms with Gasteiger partial charge in [-0.25, -0.2) is 0 Å². The fourth-order valence-corrected chi connectivity index (χ4v) is 2.78. The summed E-state index contributed by atoms with van der Waals surface area (Å²) in [4.78, 5) is 12.5. The molecule has 0 spiro atoms. The van der Waals surface area contributed by atoms with Crippen LogP contribution >= 0.6 is 0 Å². The van der Waals surface area contributed by atoms with Crippen LogP contribution in [0.3, 0.4) is 0 Å². The first-order chi connectivity index (χ1) is 12.6. The highest BCUT2D eigenvalue weighted by Crippen LogP contribution is 2.23. The van der Waals surface area contributed by atoms with Crippen molar-refractivity contribution in [3.05, 3.63) is 35.7 Å². The van der Waals surface area contributed by atoms with Gasteiger partial charge in [0.05, 0.1) is 12.6 Å². The monoisotopic (exact) mass is 360 g/mol. The summed E-state index contributed by atoms with van der Waals surface area (Å²) in [6.45, 7) is 4.36. The standard InChI is InChI=1S/C18H24N4O4/c1-3-22-20-17(19-21-22)11-14-7-9-15(10-8-14)25-18-6-4-5-16(26-18)12-24-13(2)23/h7-10,16,18H,3-6,11-12H2,1-2H3. The van der Waals surface area contributed by atoms with E-state index in [4.69, 9.17) is 14.2 Å². The largest absolute Gasteiger partial charge is 0.465 e. The van der Waals surface area contributed by atoms with Gasteiger partial charge in [-0.15, -0.1) is 10.2 Å². The maximum absolute atomic E-state index is 10.9. The molecular weight excluding hydrogens is 336 g/mol. The van der Waals surface area contributed by atoms with Crippen LogP contribution < -0.4 is 4.74 Å². The second-order valence-electron chi connectivity index (χ2n) is 6.25. The van der Waals surface area contributed by atoms with Crippen molar-refractivity contribution in [2.75, 3.05) is 6.61 Å². The van der Waals surface area contributed by atoms with Gasteiger partial charge in [0.2, 0.25) is 0 Å². The fourth-order valence-electron chi connectivity index (χ4n) is 2.78. The van der Waals surface area contributed by atoms with E-state index >= 15 is 0 Å². The lowest BCUT2D eigenvalue weighted by Crippen LogP contribution is -2.34. The van der Waals surface area contributed by atoms with E-state index in [0.717, 1.165) is 30.6 Å². The lowest BCUT2D eigenvalue weighted by molar-refractivity contribution is -0.172. The predicted octanol–water partition coefficient (Wildman–Crippen LogP) is 2.12. The normalized spacial score (nSPS) is 19.9. The minimum absolute atomic E-state index is 0.107. The number of ether oxygens (including phenoxy) is 3. The Morgan fingerprint density at radius 1 is 1.31 bits per heavy atom. The molecule has 1 aromatic heterocycles. The van der Waals surface area contributed by atoms with E-state index < -0.39 is 0 Å². The number of benzene rings is 1. The Labute approximate surface area is 152 Å². The first-order valence-electron chi connectivity index (χ1n) is 8.93. The summed E-state index contributed by atoms with van der Waals surface area (Å²) in [6.07, 6.45) is 2.88. The summed E-state index contributed by atoms with van der Waals surface area (Å²) >= 11 is 0. The van der Waals surface area contributed by atoms with Gasteiger partial charge in [-0.1, -0.05) is 12.1 Å². The van der Waals surface area contributed by atoms with E-state index in [9.17, 15) is 4.79 Å². The molecule has 8 heteroatoms. The molecule has 1 aromatic carbocycles. The average molecular weight is 360 g/mol. The first-order valence-corrected chi connectivity index (χ1v) is 8.93. The second kappa shape index (κ2) is 8.75. The van der Waals surface area contributed by atoms with E-state index in [-0.39, 0.29) is 25.0 Å². The Morgan fingerprint density at radius 2 is 2.12 bits per heavy atom. The van der Waals surface area contributed by atoms with Crippen LogP contribution in [-0.2, 0) is 27.2 Å². The van der Waals surface area contributed by atoms with E-state index in [1.165, 1.54) is 6.92 Å². The number of rotatable bonds is 7. The molecule has 26 heavy (non-hydrogen) atoms. The number of tetrazole rings is 1. The van der Waals surface area contributed by atoms with Crippen molar-refractivity contribution in [1.29, 1.82) is 0 Å². The molecule has 0 bridgehead atoms. The number of hydrogen-bond acceptors (Lipinski definition) is 7. The van der Waals surface area contributed by atoms with Crippen LogP contribution in [0.5, 0.6) is 5.75 Å². The zero-order valence-corrected chi connectivity index (χ0v) is 15.1. The molecular formula is C18H24N4O4. The quantitative estimate of drug-likeness (QED) is 0.699. The van der Waals surface area contributed by atoms with Crippen molar-refractivity contribution in [3.8, 4) is 5.75 Å². The molecule has 0 aliphatic carbocycles. The van der Waals surface area contributed by atoms with Crippen molar-refractivity contribution in [3.63, 3.8) is 0 Å². The van der Waals surface area contributed by atoms with Gasteiger partial charge in [0.1, 0.15) is 12.4 Å². The summed E-state index contributed by atoms with van der Waals surface area (Å²) in [5.74, 6) is 1.15. The van der Waals surface area contributed by atoms with Gasteiger partial charge in [-0.05, 0) is 42.7 Å². The third-order valence-corrected chi connectivity index (χ3v) is 4.11. The molecule has 1 aliphatic heterocycles. The maximum atomic E-state index is 10.9. The van der Waals surface area contributed by atoms with Gasteiger partial charge >= 0.3 is 5.97 Å². The summed E-state index contributed by atoms with van der Waals surface area (Å²) in [6, 6.07) is 7.81. The molecule has 1 fully saturated rings. The van der Waals surface area contributed by atoms with Crippen LogP contribution in [0.2, 0.25) is 0 Å². The number of aromatic nitrogens is 4. The van der Waals surface area contributed by atoms with E-state index in [1.54, 1.807) is 4.80 Å². The van der Waals surface area contributed by atoms with E-state index in [2.05, 4.69) is 15.4 Å². The van der Waals surface area contributed by atoms with Crippen molar-refractivity contribution in [2.45, 2.75) is 58.5 Å². The third kappa shape index (κ3) is 5.26. The molecule has 1 aliphatic rings. The molecule has 2 unspecified atom stereocenters. The van der Waals surface area contributed by atoms with Crippen molar-refractivity contribution in [2.24, 2.45) is 0 Å². The zero-order chi connectivity index (χ0) is 18.4. The van der Waals surface area contributed by atoms with Crippen molar-refractivity contribution >= 4 is 5.97 Å². The molecule has 2 atom stereocenters. The molecule has 0 saturated carbocycles. The first kappa shape index (κ1) is 18.3. The number of esters is 1. The fraction of sp³-hybridized carbons (Fsp3) is 0.556. The topological polar surface area (TPSA) is 88.4 Å². The highest BCUT2D eigenvalue weighted by Gasteiger charge is 2.24. The Hall–Kier alpha value is -2.48. The molecule has 140 valence electrons. The van der Waals surface area contributed by atoms with Gasteiger partial charge in [0.15, 0.2) is 12.1 Å². The number of nitrogens with zero attached hydrogens (tertiary/aromatic N) is 4. The number of aryl methyl sites for hydroxylation is 1. The highest BCUT2D eigenvalue weighted by atomic mass is 16.7. The van der Waals surface area contributed by atoms with Crippen molar-refractivity contribution < 1.29 is 19.0 Å². The Balaban J connectivity index is 1.51. The number of carbonyl (C=O) groups excluding carboxylic acids is 1. The number of carbonyl (C=O) groups is 1. The lowest BCUT2D eigenvalue weighted by Gasteiger charge is -2.29. The SMILES string of the molecule is CCn1nnc(Cc2ccc(OC3CCCC(COC(C)=O)O3)cc2)n1. The Kier molecular flexibility index (Phi) is 6.17. The molecule has 2 aromatic rings. The Bertz CT molecular complexity index is 716. The van der Waals surface area contributed by atoms with E-state index in [0.29, 0.717) is 18.8 Å². The molecule has 3 rings (SSSR count). The molecule has 0 amide bonds. The maximum Gasteiger partial charge on any atom is 0.302 e. The second-order valence-corrected chi connectivity index (χ2v) is 6.25. The summed E-state index contributed by atoms with van der Waals surface area (Å²) < 4.78 is 16.8. The van der Waals surface area contributed by atoms with Gasteiger partial charge < -0.3 is 14.2 Å². The third-order valence-electron chi connectivity index (χ3n) is 4.11. The van der Waals surface area contributed by atoms with Crippen molar-refractivity contribution in [1.82, 2.24) is 20.2 Å². The predicted molar refractivity (Wildman–Crippen MR) is 92.5 cm³/mol. The van der Waals surface area contributed by atoms with Gasteiger partial charge in [0.25, 0.3) is 0 Å².